The molecule has 3 N–H and O–H groups in total. The van der Waals surface area contributed by atoms with E-state index in [1.165, 1.54) is 25.9 Å². The normalized spacial score (nSPS) is 17.7. The van der Waals surface area contributed by atoms with Crippen molar-refractivity contribution in [3.05, 3.63) is 35.9 Å². The Bertz CT molecular complexity index is 479. The summed E-state index contributed by atoms with van der Waals surface area (Å²) in [6.45, 7) is 8.44. The molecule has 0 aromatic heterocycles. The van der Waals surface area contributed by atoms with E-state index in [1.807, 2.05) is 37.3 Å². The molecule has 1 fully saturated rings. The molecule has 0 aliphatic carbocycles. The molecule has 1 amide bonds. The zero-order valence-electron chi connectivity index (χ0n) is 15.3. The van der Waals surface area contributed by atoms with Crippen molar-refractivity contribution >= 4 is 30.7 Å². The van der Waals surface area contributed by atoms with Crippen molar-refractivity contribution in [2.45, 2.75) is 39.2 Å². The Labute approximate surface area is 164 Å². The van der Waals surface area contributed by atoms with Gasteiger partial charge in [0, 0.05) is 12.6 Å². The fourth-order valence-corrected chi connectivity index (χ4v) is 3.28. The summed E-state index contributed by atoms with van der Waals surface area (Å²) in [4.78, 5) is 14.8. The molecule has 2 atom stereocenters. The maximum absolute atomic E-state index is 12.3. The highest BCUT2D eigenvalue weighted by Crippen LogP contribution is 2.21. The van der Waals surface area contributed by atoms with E-state index < -0.39 is 0 Å². The van der Waals surface area contributed by atoms with Gasteiger partial charge in [-0.3, -0.25) is 4.79 Å². The van der Waals surface area contributed by atoms with Crippen LogP contribution in [-0.2, 0) is 4.79 Å². The first-order valence-corrected chi connectivity index (χ1v) is 8.92. The number of nitrogens with zero attached hydrogens (tertiary/aromatic N) is 1. The summed E-state index contributed by atoms with van der Waals surface area (Å²) in [5, 5.41) is 3.07. The topological polar surface area (TPSA) is 58.4 Å². The van der Waals surface area contributed by atoms with Crippen molar-refractivity contribution in [1.82, 2.24) is 10.2 Å². The monoisotopic (exact) mass is 389 g/mol. The number of rotatable bonds is 7. The molecule has 4 nitrogen and oxygen atoms in total. The van der Waals surface area contributed by atoms with Crippen LogP contribution < -0.4 is 11.1 Å². The van der Waals surface area contributed by atoms with E-state index in [2.05, 4.69) is 17.1 Å². The van der Waals surface area contributed by atoms with E-state index in [1.54, 1.807) is 0 Å². The number of benzene rings is 1. The molecule has 0 saturated carbocycles. The predicted molar refractivity (Wildman–Crippen MR) is 109 cm³/mol. The van der Waals surface area contributed by atoms with Gasteiger partial charge >= 0.3 is 0 Å². The lowest BCUT2D eigenvalue weighted by atomic mass is 9.92. The molecular weight excluding hydrogens is 357 g/mol. The van der Waals surface area contributed by atoms with Crippen LogP contribution in [0.3, 0.4) is 0 Å². The van der Waals surface area contributed by atoms with Gasteiger partial charge in [-0.2, -0.15) is 0 Å². The van der Waals surface area contributed by atoms with Crippen LogP contribution in [0.2, 0.25) is 0 Å². The summed E-state index contributed by atoms with van der Waals surface area (Å²) >= 11 is 0. The maximum Gasteiger partial charge on any atom is 0.224 e. The van der Waals surface area contributed by atoms with E-state index in [9.17, 15) is 4.79 Å². The number of nitrogens with two attached hydrogens (primary N) is 1. The van der Waals surface area contributed by atoms with Crippen LogP contribution in [0.15, 0.2) is 30.3 Å². The summed E-state index contributed by atoms with van der Waals surface area (Å²) in [6.07, 6.45) is 3.59. The Hall–Kier alpha value is -0.810. The number of halogens is 2. The first-order valence-electron chi connectivity index (χ1n) is 8.92. The van der Waals surface area contributed by atoms with Gasteiger partial charge in [0.05, 0.1) is 5.92 Å². The average Bonchev–Trinajstić information content (AvgIpc) is 2.61. The number of hydrogen-bond donors (Lipinski definition) is 2. The van der Waals surface area contributed by atoms with Gasteiger partial charge in [-0.15, -0.1) is 24.8 Å². The number of carbonyl (C=O) groups excluding carboxylic acids is 1. The second-order valence-electron chi connectivity index (χ2n) is 6.68. The number of likely N-dealkylation sites (tertiary alicyclic amines) is 1. The molecule has 0 bridgehead atoms. The van der Waals surface area contributed by atoms with Gasteiger partial charge in [0.1, 0.15) is 0 Å². The predicted octanol–water partition coefficient (Wildman–Crippen LogP) is 3.40. The summed E-state index contributed by atoms with van der Waals surface area (Å²) < 4.78 is 0. The van der Waals surface area contributed by atoms with Crippen LogP contribution in [0.4, 0.5) is 0 Å². The fourth-order valence-electron chi connectivity index (χ4n) is 3.28. The van der Waals surface area contributed by atoms with Crippen molar-refractivity contribution in [2.24, 2.45) is 17.6 Å². The highest BCUT2D eigenvalue weighted by Gasteiger charge is 2.22. The molecule has 1 saturated heterocycles. The van der Waals surface area contributed by atoms with Crippen molar-refractivity contribution in [2.75, 3.05) is 26.2 Å². The van der Waals surface area contributed by atoms with E-state index in [-0.39, 0.29) is 42.7 Å². The van der Waals surface area contributed by atoms with Gasteiger partial charge in [-0.1, -0.05) is 44.2 Å². The van der Waals surface area contributed by atoms with Gasteiger partial charge < -0.3 is 16.0 Å². The molecule has 1 aromatic carbocycles. The highest BCUT2D eigenvalue weighted by atomic mass is 35.5. The van der Waals surface area contributed by atoms with Crippen molar-refractivity contribution in [3.8, 4) is 0 Å². The minimum Gasteiger partial charge on any atom is -0.356 e. The first kappa shape index (κ1) is 24.2. The van der Waals surface area contributed by atoms with Crippen molar-refractivity contribution in [1.29, 1.82) is 0 Å². The van der Waals surface area contributed by atoms with E-state index in [0.29, 0.717) is 0 Å². The van der Waals surface area contributed by atoms with Gasteiger partial charge in [0.2, 0.25) is 5.91 Å². The lowest BCUT2D eigenvalue weighted by molar-refractivity contribution is -0.125. The lowest BCUT2D eigenvalue weighted by Crippen LogP contribution is -2.38. The maximum atomic E-state index is 12.3. The molecule has 25 heavy (non-hydrogen) atoms. The van der Waals surface area contributed by atoms with Crippen LogP contribution in [0, 0.1) is 11.8 Å². The summed E-state index contributed by atoms with van der Waals surface area (Å²) in [6, 6.07) is 9.60. The summed E-state index contributed by atoms with van der Waals surface area (Å²) in [5.41, 5.74) is 7.23. The molecule has 1 heterocycles. The van der Waals surface area contributed by atoms with E-state index in [0.717, 1.165) is 31.0 Å². The smallest absolute Gasteiger partial charge is 0.224 e. The Morgan fingerprint density at radius 3 is 2.40 bits per heavy atom. The number of amides is 1. The Balaban J connectivity index is 0.00000288. The van der Waals surface area contributed by atoms with E-state index in [4.69, 9.17) is 5.73 Å². The third-order valence-corrected chi connectivity index (χ3v) is 5.14. The minimum absolute atomic E-state index is 0. The number of piperidine rings is 1. The second kappa shape index (κ2) is 12.5. The molecule has 1 aliphatic rings. The number of hydrogen-bond acceptors (Lipinski definition) is 3. The van der Waals surface area contributed by atoms with Crippen LogP contribution in [0.1, 0.15) is 44.7 Å². The number of carbonyl (C=O) groups is 1. The molecule has 6 heteroatoms. The third-order valence-electron chi connectivity index (χ3n) is 5.14. The van der Waals surface area contributed by atoms with Crippen LogP contribution in [0.5, 0.6) is 0 Å². The van der Waals surface area contributed by atoms with Crippen molar-refractivity contribution < 1.29 is 4.79 Å². The van der Waals surface area contributed by atoms with Gasteiger partial charge in [-0.05, 0) is 50.4 Å². The third kappa shape index (κ3) is 7.53. The van der Waals surface area contributed by atoms with Gasteiger partial charge in [0.25, 0.3) is 0 Å². The highest BCUT2D eigenvalue weighted by molar-refractivity contribution is 5.85. The number of nitrogens with one attached hydrogen (secondary N) is 1. The molecule has 144 valence electrons. The molecule has 2 rings (SSSR count). The van der Waals surface area contributed by atoms with Gasteiger partial charge in [-0.25, -0.2) is 0 Å². The molecule has 0 radical (unpaired) electrons. The molecular formula is C19H33Cl2N3O. The SMILES string of the molecule is CCN1CCC(CCNC(=O)C(C)C(N)c2ccccc2)CC1.Cl.Cl. The molecule has 0 spiro atoms. The zero-order valence-corrected chi connectivity index (χ0v) is 17.0. The zero-order chi connectivity index (χ0) is 16.7. The van der Waals surface area contributed by atoms with Gasteiger partial charge in [0.15, 0.2) is 0 Å². The standard InChI is InChI=1S/C19H31N3O.2ClH/c1-3-22-13-10-16(11-14-22)9-12-21-19(23)15(2)18(20)17-7-5-4-6-8-17;;/h4-8,15-16,18H,3,9-14,20H2,1-2H3,(H,21,23);2*1H. The Morgan fingerprint density at radius 2 is 1.84 bits per heavy atom. The van der Waals surface area contributed by atoms with Crippen LogP contribution >= 0.6 is 24.8 Å². The quantitative estimate of drug-likeness (QED) is 0.750. The largest absolute Gasteiger partial charge is 0.356 e. The minimum atomic E-state index is -0.246. The summed E-state index contributed by atoms with van der Waals surface area (Å²) in [5.74, 6) is 0.600. The lowest BCUT2D eigenvalue weighted by Gasteiger charge is -2.31. The summed E-state index contributed by atoms with van der Waals surface area (Å²) in [7, 11) is 0. The molecule has 1 aliphatic heterocycles. The Kier molecular flexibility index (Phi) is 12.1. The van der Waals surface area contributed by atoms with Crippen molar-refractivity contribution in [3.63, 3.8) is 0 Å². The first-order chi connectivity index (χ1) is 11.1. The van der Waals surface area contributed by atoms with Crippen LogP contribution in [-0.4, -0.2) is 37.0 Å². The van der Waals surface area contributed by atoms with Crippen LogP contribution in [0.25, 0.3) is 0 Å². The average molecular weight is 390 g/mol. The Morgan fingerprint density at radius 1 is 1.24 bits per heavy atom. The molecule has 1 aromatic rings. The molecule has 2 unspecified atom stereocenters. The van der Waals surface area contributed by atoms with E-state index >= 15 is 0 Å². The fraction of sp³-hybridized carbons (Fsp3) is 0.632. The second-order valence-corrected chi connectivity index (χ2v) is 6.68.